The zero-order valence-electron chi connectivity index (χ0n) is 25.9. The third-order valence-corrected chi connectivity index (χ3v) is 10.0. The Morgan fingerprint density at radius 2 is 0.630 bits per heavy atom. The molecule has 1 aliphatic heterocycles. The van der Waals surface area contributed by atoms with E-state index in [4.69, 9.17) is 0 Å². The quantitative estimate of drug-likeness (QED) is 0.150. The molecule has 5 heterocycles. The van der Waals surface area contributed by atoms with Crippen LogP contribution in [0.2, 0.25) is 0 Å². The first-order chi connectivity index (χ1) is 22.4. The molecule has 4 aromatic heterocycles. The van der Waals surface area contributed by atoms with Gasteiger partial charge in [0.1, 0.15) is 0 Å². The molecular weight excluding hydrogens is 675 g/mol. The Bertz CT molecular complexity index is 2480. The highest BCUT2D eigenvalue weighted by molar-refractivity contribution is 14.1. The van der Waals surface area contributed by atoms with E-state index in [9.17, 15) is 0 Å². The summed E-state index contributed by atoms with van der Waals surface area (Å²) in [7, 11) is 0. The molecule has 1 aliphatic rings. The molecule has 0 spiro atoms. The number of aryl methyl sites for hydroxylation is 3. The molecule has 3 aromatic carbocycles. The van der Waals surface area contributed by atoms with Crippen LogP contribution in [0, 0.1) is 20.8 Å². The van der Waals surface area contributed by atoms with Crippen molar-refractivity contribution in [2.75, 3.05) is 0 Å². The van der Waals surface area contributed by atoms with E-state index in [0.717, 1.165) is 81.2 Å². The summed E-state index contributed by atoms with van der Waals surface area (Å²) < 4.78 is 1.13. The molecular formula is C41H33IN4. The summed E-state index contributed by atoms with van der Waals surface area (Å²) in [5, 5.41) is 4.24. The SMILES string of the molecule is Cc1ccc(C2=c3ccc([nH]3)=C(I)c3ccc([nH]3)C(c3ccc(C)cc3)=c3ccc([nH]3)=C(c3ccc(C)cc3)c3ccc2[nH]3)cc1. The first kappa shape index (κ1) is 28.5. The third kappa shape index (κ3) is 5.11. The molecule has 0 unspecified atom stereocenters. The van der Waals surface area contributed by atoms with Crippen LogP contribution in [0.5, 0.6) is 0 Å². The van der Waals surface area contributed by atoms with Crippen LogP contribution >= 0.6 is 22.6 Å². The molecule has 8 rings (SSSR count). The van der Waals surface area contributed by atoms with Crippen LogP contribution in [0.3, 0.4) is 0 Å². The maximum Gasteiger partial charge on any atom is 0.0600 e. The second kappa shape index (κ2) is 11.4. The summed E-state index contributed by atoms with van der Waals surface area (Å²) in [6, 6.07) is 43.9. The number of fused-ring (bicyclic) bond motifs is 8. The van der Waals surface area contributed by atoms with Gasteiger partial charge in [-0.25, -0.2) is 0 Å². The van der Waals surface area contributed by atoms with Crippen LogP contribution in [0.15, 0.2) is 121 Å². The van der Waals surface area contributed by atoms with Crippen LogP contribution in [0.4, 0.5) is 0 Å². The van der Waals surface area contributed by atoms with E-state index >= 15 is 0 Å². The Morgan fingerprint density at radius 3 is 1.02 bits per heavy atom. The van der Waals surface area contributed by atoms with Gasteiger partial charge in [0.05, 0.1) is 14.6 Å². The lowest BCUT2D eigenvalue weighted by molar-refractivity contribution is 1.19. The second-order valence-corrected chi connectivity index (χ2v) is 13.3. The van der Waals surface area contributed by atoms with Gasteiger partial charge < -0.3 is 19.9 Å². The van der Waals surface area contributed by atoms with Gasteiger partial charge >= 0.3 is 0 Å². The normalized spacial score (nSPS) is 13.0. The van der Waals surface area contributed by atoms with Gasteiger partial charge in [-0.15, -0.1) is 0 Å². The minimum atomic E-state index is 1.05. The van der Waals surface area contributed by atoms with Gasteiger partial charge in [0.25, 0.3) is 0 Å². The molecule has 0 saturated heterocycles. The fraction of sp³-hybridized carbons (Fsp3) is 0.0732. The summed E-state index contributed by atoms with van der Waals surface area (Å²) in [5.74, 6) is 0. The molecule has 4 N–H and O–H groups in total. The van der Waals surface area contributed by atoms with Crippen LogP contribution < -0.4 is 21.4 Å². The van der Waals surface area contributed by atoms with Crippen molar-refractivity contribution in [1.29, 1.82) is 0 Å². The molecule has 7 aromatic rings. The molecule has 224 valence electrons. The van der Waals surface area contributed by atoms with Crippen molar-refractivity contribution in [2.24, 2.45) is 0 Å². The minimum absolute atomic E-state index is 1.05. The van der Waals surface area contributed by atoms with E-state index < -0.39 is 0 Å². The maximum atomic E-state index is 3.84. The molecule has 8 bridgehead atoms. The predicted octanol–water partition coefficient (Wildman–Crippen LogP) is 6.57. The van der Waals surface area contributed by atoms with E-state index in [0.29, 0.717) is 0 Å². The van der Waals surface area contributed by atoms with Crippen LogP contribution in [-0.4, -0.2) is 19.9 Å². The lowest BCUT2D eigenvalue weighted by Gasteiger charge is -2.09. The van der Waals surface area contributed by atoms with E-state index in [1.807, 2.05) is 0 Å². The summed E-state index contributed by atoms with van der Waals surface area (Å²) in [5.41, 5.74) is 14.8. The molecule has 0 atom stereocenters. The van der Waals surface area contributed by atoms with E-state index in [-0.39, 0.29) is 0 Å². The topological polar surface area (TPSA) is 63.2 Å². The zero-order chi connectivity index (χ0) is 31.4. The molecule has 0 radical (unpaired) electrons. The molecule has 5 heteroatoms. The van der Waals surface area contributed by atoms with Crippen molar-refractivity contribution in [3.05, 3.63) is 199 Å². The van der Waals surface area contributed by atoms with E-state index in [1.165, 1.54) is 16.7 Å². The number of benzene rings is 3. The molecule has 0 amide bonds. The molecule has 0 fully saturated rings. The standard InChI is InChI=1S/C41H33IN4/c1-24-4-10-27(11-5-24)38-30-16-18-32(43-30)39(28-12-6-25(2)7-13-28)34-20-22-36(45-34)41(42)37-23-21-35(46-37)40(33-19-17-31(38)44-33)29-14-8-26(3)9-15-29/h4-23,43-46H,1-3H3. The number of nitrogens with one attached hydrogen (secondary N) is 4. The Kier molecular flexibility index (Phi) is 7.06. The monoisotopic (exact) mass is 708 g/mol. The van der Waals surface area contributed by atoms with Gasteiger partial charge in [-0.05, 0) is 109 Å². The van der Waals surface area contributed by atoms with Gasteiger partial charge in [0.15, 0.2) is 0 Å². The van der Waals surface area contributed by atoms with Gasteiger partial charge in [-0.1, -0.05) is 89.5 Å². The largest absolute Gasteiger partial charge is 0.354 e. The third-order valence-electron chi connectivity index (χ3n) is 8.85. The van der Waals surface area contributed by atoms with Crippen LogP contribution in [0.25, 0.3) is 20.3 Å². The Morgan fingerprint density at radius 1 is 0.326 bits per heavy atom. The summed E-state index contributed by atoms with van der Waals surface area (Å²) >= 11 is 2.45. The number of aromatic amines is 4. The second-order valence-electron chi connectivity index (χ2n) is 12.2. The molecule has 0 aliphatic carbocycles. The van der Waals surface area contributed by atoms with Crippen molar-refractivity contribution in [3.63, 3.8) is 0 Å². The summed E-state index contributed by atoms with van der Waals surface area (Å²) in [6.45, 7) is 6.39. The first-order valence-corrected chi connectivity index (χ1v) is 16.6. The van der Waals surface area contributed by atoms with Crippen LogP contribution in [-0.2, 0) is 0 Å². The highest BCUT2D eigenvalue weighted by Crippen LogP contribution is 2.27. The summed E-state index contributed by atoms with van der Waals surface area (Å²) in [4.78, 5) is 15.2. The van der Waals surface area contributed by atoms with Crippen LogP contribution in [0.1, 0.15) is 56.2 Å². The minimum Gasteiger partial charge on any atom is -0.354 e. The number of aromatic nitrogens is 4. The average molecular weight is 709 g/mol. The maximum absolute atomic E-state index is 3.84. The van der Waals surface area contributed by atoms with Gasteiger partial charge in [-0.3, -0.25) is 0 Å². The fourth-order valence-electron chi connectivity index (χ4n) is 6.39. The number of hydrogen-bond acceptors (Lipinski definition) is 0. The average Bonchev–Trinajstić information content (AvgIpc) is 3.89. The molecule has 46 heavy (non-hydrogen) atoms. The smallest absolute Gasteiger partial charge is 0.0600 e. The van der Waals surface area contributed by atoms with Crippen molar-refractivity contribution >= 4 is 42.9 Å². The highest BCUT2D eigenvalue weighted by atomic mass is 127. The Hall–Kier alpha value is -5.01. The van der Waals surface area contributed by atoms with Crippen molar-refractivity contribution in [1.82, 2.24) is 19.9 Å². The van der Waals surface area contributed by atoms with Crippen molar-refractivity contribution in [3.8, 4) is 0 Å². The van der Waals surface area contributed by atoms with Crippen molar-refractivity contribution < 1.29 is 0 Å². The number of hydrogen-bond donors (Lipinski definition) is 4. The van der Waals surface area contributed by atoms with Gasteiger partial charge in [0.2, 0.25) is 0 Å². The van der Waals surface area contributed by atoms with Gasteiger partial charge in [0, 0.05) is 49.8 Å². The van der Waals surface area contributed by atoms with Crippen molar-refractivity contribution in [2.45, 2.75) is 20.8 Å². The lowest BCUT2D eigenvalue weighted by Crippen LogP contribution is -2.18. The Balaban J connectivity index is 1.50. The highest BCUT2D eigenvalue weighted by Gasteiger charge is 2.17. The fourth-order valence-corrected chi connectivity index (χ4v) is 7.01. The molecule has 0 saturated carbocycles. The van der Waals surface area contributed by atoms with Gasteiger partial charge in [-0.2, -0.15) is 0 Å². The first-order valence-electron chi connectivity index (χ1n) is 15.5. The number of halogens is 1. The molecule has 4 nitrogen and oxygen atoms in total. The lowest BCUT2D eigenvalue weighted by atomic mass is 10.0. The number of H-pyrrole nitrogens is 4. The number of rotatable bonds is 3. The Labute approximate surface area is 281 Å². The summed E-state index contributed by atoms with van der Waals surface area (Å²) in [6.07, 6.45) is 0. The predicted molar refractivity (Wildman–Crippen MR) is 197 cm³/mol. The zero-order valence-corrected chi connectivity index (χ0v) is 28.1. The van der Waals surface area contributed by atoms with E-state index in [1.54, 1.807) is 0 Å². The van der Waals surface area contributed by atoms with E-state index in [2.05, 4.69) is 185 Å².